The van der Waals surface area contributed by atoms with Gasteiger partial charge in [0.1, 0.15) is 15.8 Å². The molecule has 3 atom stereocenters. The number of likely N-dealkylation sites (tertiary alicyclic amines) is 1. The van der Waals surface area contributed by atoms with Gasteiger partial charge in [0.2, 0.25) is 17.7 Å². The molecule has 3 aromatic rings. The van der Waals surface area contributed by atoms with Gasteiger partial charge in [-0.3, -0.25) is 19.3 Å². The fraction of sp³-hybridized carbons (Fsp3) is 0.276. The maximum absolute atomic E-state index is 14.2. The lowest BCUT2D eigenvalue weighted by molar-refractivity contribution is -0.148. The van der Waals surface area contributed by atoms with Crippen molar-refractivity contribution in [3.8, 4) is 0 Å². The number of hydrogen-bond acceptors (Lipinski definition) is 3. The van der Waals surface area contributed by atoms with E-state index in [1.54, 1.807) is 38.1 Å². The van der Waals surface area contributed by atoms with Crippen LogP contribution >= 0.6 is 34.8 Å². The molecule has 0 saturated carbocycles. The van der Waals surface area contributed by atoms with Crippen LogP contribution in [-0.4, -0.2) is 28.7 Å². The number of anilines is 1. The molecule has 37 heavy (non-hydrogen) atoms. The van der Waals surface area contributed by atoms with Gasteiger partial charge in [-0.15, -0.1) is 23.2 Å². The predicted octanol–water partition coefficient (Wildman–Crippen LogP) is 5.90. The van der Waals surface area contributed by atoms with Gasteiger partial charge < -0.3 is 5.32 Å². The largest absolute Gasteiger partial charge is 0.324 e. The van der Waals surface area contributed by atoms with Crippen molar-refractivity contribution in [1.29, 1.82) is 0 Å². The molecule has 1 N–H and O–H groups in total. The lowest BCUT2D eigenvalue weighted by Gasteiger charge is -2.54. The van der Waals surface area contributed by atoms with Crippen LogP contribution in [0.2, 0.25) is 5.02 Å². The smallest absolute Gasteiger partial charge is 0.247 e. The first-order valence-corrected chi connectivity index (χ1v) is 13.3. The first-order valence-electron chi connectivity index (χ1n) is 12.1. The SMILES string of the molecule is CC(C)[C@@H](C(=O)Nc1ccc(Cl)cc1)N1C(=O)[C@H]2[C@H](C1=O)C1(Cl)c3ccccc3C2(Cl)c2ccccc21. The van der Waals surface area contributed by atoms with Crippen LogP contribution in [-0.2, 0) is 24.1 Å². The Bertz CT molecular complexity index is 1350. The van der Waals surface area contributed by atoms with Crippen LogP contribution in [0.4, 0.5) is 5.69 Å². The highest BCUT2D eigenvalue weighted by molar-refractivity contribution is 6.36. The molecule has 7 rings (SSSR count). The molecule has 1 aliphatic heterocycles. The van der Waals surface area contributed by atoms with Crippen molar-refractivity contribution in [3.63, 3.8) is 0 Å². The highest BCUT2D eigenvalue weighted by Gasteiger charge is 2.73. The van der Waals surface area contributed by atoms with E-state index >= 15 is 0 Å². The number of carbonyl (C=O) groups excluding carboxylic acids is 3. The van der Waals surface area contributed by atoms with Crippen LogP contribution in [0.25, 0.3) is 0 Å². The van der Waals surface area contributed by atoms with E-state index in [1.165, 1.54) is 0 Å². The van der Waals surface area contributed by atoms with E-state index in [9.17, 15) is 14.4 Å². The summed E-state index contributed by atoms with van der Waals surface area (Å²) in [6.45, 7) is 3.61. The zero-order valence-corrected chi connectivity index (χ0v) is 22.3. The van der Waals surface area contributed by atoms with Crippen molar-refractivity contribution in [2.24, 2.45) is 17.8 Å². The topological polar surface area (TPSA) is 66.5 Å². The molecular weight excluding hydrogens is 531 g/mol. The lowest BCUT2D eigenvalue weighted by atomic mass is 9.54. The van der Waals surface area contributed by atoms with Gasteiger partial charge in [-0.25, -0.2) is 0 Å². The van der Waals surface area contributed by atoms with Crippen molar-refractivity contribution in [2.45, 2.75) is 29.6 Å². The average molecular weight is 554 g/mol. The Balaban J connectivity index is 1.48. The Morgan fingerprint density at radius 2 is 1.19 bits per heavy atom. The van der Waals surface area contributed by atoms with E-state index in [1.807, 2.05) is 48.5 Å². The Hall–Kier alpha value is -2.86. The second kappa shape index (κ2) is 8.32. The molecule has 2 bridgehead atoms. The van der Waals surface area contributed by atoms with Crippen LogP contribution in [0.5, 0.6) is 0 Å². The molecule has 8 heteroatoms. The normalized spacial score (nSPS) is 28.1. The number of benzene rings is 3. The number of amides is 3. The molecule has 0 spiro atoms. The molecule has 5 nitrogen and oxygen atoms in total. The fourth-order valence-electron chi connectivity index (χ4n) is 6.43. The number of nitrogens with zero attached hydrogens (tertiary/aromatic N) is 1. The zero-order chi connectivity index (χ0) is 26.3. The lowest BCUT2D eigenvalue weighted by Crippen LogP contribution is -2.57. The maximum Gasteiger partial charge on any atom is 0.247 e. The summed E-state index contributed by atoms with van der Waals surface area (Å²) in [4.78, 5) is 40.5. The van der Waals surface area contributed by atoms with E-state index in [2.05, 4.69) is 5.32 Å². The highest BCUT2D eigenvalue weighted by Crippen LogP contribution is 2.69. The number of alkyl halides is 2. The minimum absolute atomic E-state index is 0.361. The summed E-state index contributed by atoms with van der Waals surface area (Å²) in [5, 5.41) is 3.36. The second-order valence-corrected chi connectivity index (χ2v) is 11.8. The van der Waals surface area contributed by atoms with Crippen LogP contribution in [0.1, 0.15) is 36.1 Å². The number of nitrogens with one attached hydrogen (secondary N) is 1. The van der Waals surface area contributed by atoms with E-state index in [-0.39, 0.29) is 5.92 Å². The summed E-state index contributed by atoms with van der Waals surface area (Å²) in [5.74, 6) is -3.69. The number of carbonyl (C=O) groups is 3. The van der Waals surface area contributed by atoms with Gasteiger partial charge in [0.05, 0.1) is 11.8 Å². The predicted molar refractivity (Wildman–Crippen MR) is 144 cm³/mol. The van der Waals surface area contributed by atoms with Crippen molar-refractivity contribution in [2.75, 3.05) is 5.32 Å². The molecule has 188 valence electrons. The number of rotatable bonds is 4. The first kappa shape index (κ1) is 24.5. The maximum atomic E-state index is 14.2. The zero-order valence-electron chi connectivity index (χ0n) is 20.0. The van der Waals surface area contributed by atoms with Gasteiger partial charge in [0.15, 0.2) is 0 Å². The van der Waals surface area contributed by atoms with E-state index in [0.29, 0.717) is 10.7 Å². The molecule has 3 amide bonds. The van der Waals surface area contributed by atoms with Crippen molar-refractivity contribution >= 4 is 58.2 Å². The second-order valence-electron chi connectivity index (χ2n) is 10.2. The molecule has 1 saturated heterocycles. The van der Waals surface area contributed by atoms with Gasteiger partial charge in [-0.2, -0.15) is 0 Å². The Labute approximate surface area is 229 Å². The molecule has 1 fully saturated rings. The van der Waals surface area contributed by atoms with Crippen molar-refractivity contribution in [3.05, 3.63) is 100 Å². The number of halogens is 3. The molecule has 0 unspecified atom stereocenters. The van der Waals surface area contributed by atoms with Gasteiger partial charge in [-0.1, -0.05) is 74.0 Å². The Morgan fingerprint density at radius 1 is 0.784 bits per heavy atom. The third-order valence-corrected chi connectivity index (χ3v) is 9.45. The van der Waals surface area contributed by atoms with Gasteiger partial charge in [0, 0.05) is 10.7 Å². The number of hydrogen-bond donors (Lipinski definition) is 1. The van der Waals surface area contributed by atoms with Crippen molar-refractivity contribution < 1.29 is 14.4 Å². The Kier molecular flexibility index (Phi) is 5.50. The summed E-state index contributed by atoms with van der Waals surface area (Å²) in [6.07, 6.45) is 0. The quantitative estimate of drug-likeness (QED) is 0.323. The minimum Gasteiger partial charge on any atom is -0.324 e. The molecule has 3 aromatic carbocycles. The third kappa shape index (κ3) is 3.14. The van der Waals surface area contributed by atoms with Gasteiger partial charge in [-0.05, 0) is 52.4 Å². The van der Waals surface area contributed by atoms with Crippen LogP contribution < -0.4 is 5.32 Å². The van der Waals surface area contributed by atoms with Crippen LogP contribution in [0.15, 0.2) is 72.8 Å². The molecule has 0 radical (unpaired) electrons. The summed E-state index contributed by atoms with van der Waals surface area (Å²) >= 11 is 20.9. The summed E-state index contributed by atoms with van der Waals surface area (Å²) in [6, 6.07) is 20.5. The minimum atomic E-state index is -1.29. The summed E-state index contributed by atoms with van der Waals surface area (Å²) in [7, 11) is 0. The molecule has 3 aliphatic carbocycles. The molecule has 0 aromatic heterocycles. The average Bonchev–Trinajstić information content (AvgIpc) is 3.15. The standard InChI is InChI=1S/C29H23Cl3N2O3/c1-15(2)24(25(35)33-17-13-11-16(30)12-14-17)34-26(36)22-23(27(34)37)29(32)19-8-4-3-7-18(19)28(22,31)20-9-5-6-10-21(20)29/h3-15,22-24H,1-2H3,(H,33,35)/t22-,23-,24+,28?,29?/m1/s1. The first-order chi connectivity index (χ1) is 17.6. The summed E-state index contributed by atoms with van der Waals surface area (Å²) in [5.41, 5.74) is 3.41. The Morgan fingerprint density at radius 3 is 1.57 bits per heavy atom. The molecular formula is C29H23Cl3N2O3. The highest BCUT2D eigenvalue weighted by atomic mass is 35.5. The monoisotopic (exact) mass is 552 g/mol. The van der Waals surface area contributed by atoms with E-state index in [4.69, 9.17) is 34.8 Å². The van der Waals surface area contributed by atoms with Gasteiger partial charge >= 0.3 is 0 Å². The van der Waals surface area contributed by atoms with Gasteiger partial charge in [0.25, 0.3) is 0 Å². The number of imide groups is 1. The molecule has 4 aliphatic rings. The molecule has 1 heterocycles. The van der Waals surface area contributed by atoms with Crippen molar-refractivity contribution in [1.82, 2.24) is 4.90 Å². The summed E-state index contributed by atoms with van der Waals surface area (Å²) < 4.78 is 0. The third-order valence-electron chi connectivity index (χ3n) is 7.91. The van der Waals surface area contributed by atoms with Crippen LogP contribution in [0, 0.1) is 17.8 Å². The van der Waals surface area contributed by atoms with E-state index in [0.717, 1.165) is 27.2 Å². The van der Waals surface area contributed by atoms with Crippen LogP contribution in [0.3, 0.4) is 0 Å². The fourth-order valence-corrected chi connectivity index (χ4v) is 7.65. The van der Waals surface area contributed by atoms with E-state index < -0.39 is 45.3 Å².